The van der Waals surface area contributed by atoms with Gasteiger partial charge in [-0.2, -0.15) is 0 Å². The van der Waals surface area contributed by atoms with Crippen LogP contribution in [0.4, 0.5) is 5.69 Å². The summed E-state index contributed by atoms with van der Waals surface area (Å²) in [4.78, 5) is 29.8. The lowest BCUT2D eigenvalue weighted by Crippen LogP contribution is -2.33. The van der Waals surface area contributed by atoms with Gasteiger partial charge in [0.2, 0.25) is 0 Å². The van der Waals surface area contributed by atoms with E-state index in [9.17, 15) is 14.7 Å². The SMILES string of the molecule is CC(NC1=C(Nc2cccc(C(=O)N(C)C)c2O)C(=O)C1)c1nccs1.CCCC. The van der Waals surface area contributed by atoms with Crippen LogP contribution in [0.2, 0.25) is 0 Å². The Bertz CT molecular complexity index is 905. The van der Waals surface area contributed by atoms with Crippen LogP contribution in [0.15, 0.2) is 41.2 Å². The average Bonchev–Trinajstić information content (AvgIpc) is 3.27. The zero-order valence-electron chi connectivity index (χ0n) is 18.2. The van der Waals surface area contributed by atoms with Crippen LogP contribution >= 0.6 is 11.3 Å². The first kappa shape index (κ1) is 23.4. The Balaban J connectivity index is 0.000000735. The monoisotopic (exact) mass is 430 g/mol. The van der Waals surface area contributed by atoms with Gasteiger partial charge in [0.15, 0.2) is 11.5 Å². The maximum Gasteiger partial charge on any atom is 0.257 e. The number of para-hydroxylation sites is 1. The van der Waals surface area contributed by atoms with E-state index in [1.54, 1.807) is 49.8 Å². The van der Waals surface area contributed by atoms with Crippen LogP contribution in [0.25, 0.3) is 0 Å². The van der Waals surface area contributed by atoms with Crippen molar-refractivity contribution in [2.45, 2.75) is 46.1 Å². The number of benzene rings is 1. The topological polar surface area (TPSA) is 94.6 Å². The van der Waals surface area contributed by atoms with Crippen LogP contribution in [0, 0.1) is 0 Å². The van der Waals surface area contributed by atoms with E-state index in [0.717, 1.165) is 10.7 Å². The number of thiazole rings is 1. The third-order valence-electron chi connectivity index (χ3n) is 4.56. The fourth-order valence-corrected chi connectivity index (χ4v) is 3.28. The van der Waals surface area contributed by atoms with Crippen molar-refractivity contribution in [2.24, 2.45) is 0 Å². The predicted octanol–water partition coefficient (Wildman–Crippen LogP) is 4.30. The van der Waals surface area contributed by atoms with Gasteiger partial charge < -0.3 is 20.6 Å². The van der Waals surface area contributed by atoms with E-state index < -0.39 is 0 Å². The minimum absolute atomic E-state index is 0.0230. The van der Waals surface area contributed by atoms with Gasteiger partial charge in [0.05, 0.1) is 23.7 Å². The lowest BCUT2D eigenvalue weighted by Gasteiger charge is -2.27. The van der Waals surface area contributed by atoms with Crippen molar-refractivity contribution >= 4 is 28.7 Å². The third kappa shape index (κ3) is 5.60. The van der Waals surface area contributed by atoms with E-state index in [0.29, 0.717) is 17.8 Å². The summed E-state index contributed by atoms with van der Waals surface area (Å²) in [7, 11) is 3.23. The number of carbonyl (C=O) groups is 2. The summed E-state index contributed by atoms with van der Waals surface area (Å²) in [5, 5.41) is 19.5. The summed E-state index contributed by atoms with van der Waals surface area (Å²) in [6.45, 7) is 6.33. The third-order valence-corrected chi connectivity index (χ3v) is 5.52. The fourth-order valence-electron chi connectivity index (χ4n) is 2.63. The summed E-state index contributed by atoms with van der Waals surface area (Å²) in [5.41, 5.74) is 1.67. The van der Waals surface area contributed by atoms with Gasteiger partial charge in [-0.25, -0.2) is 4.98 Å². The van der Waals surface area contributed by atoms with Crippen molar-refractivity contribution in [1.82, 2.24) is 15.2 Å². The second kappa shape index (κ2) is 10.8. The molecule has 0 bridgehead atoms. The Hall–Kier alpha value is -2.87. The number of aromatic hydroxyl groups is 1. The highest BCUT2D eigenvalue weighted by Gasteiger charge is 2.30. The quantitative estimate of drug-likeness (QED) is 0.567. The van der Waals surface area contributed by atoms with Crippen molar-refractivity contribution in [2.75, 3.05) is 19.4 Å². The molecular weight excluding hydrogens is 400 g/mol. The van der Waals surface area contributed by atoms with Gasteiger partial charge in [-0.05, 0) is 19.1 Å². The lowest BCUT2D eigenvalue weighted by molar-refractivity contribution is -0.116. The molecule has 1 heterocycles. The number of ketones is 1. The van der Waals surface area contributed by atoms with Crippen LogP contribution in [0.3, 0.4) is 0 Å². The minimum atomic E-state index is -0.309. The largest absolute Gasteiger partial charge is 0.505 e. The van der Waals surface area contributed by atoms with Crippen molar-refractivity contribution in [1.29, 1.82) is 0 Å². The molecule has 1 aromatic heterocycles. The van der Waals surface area contributed by atoms with E-state index in [1.807, 2.05) is 12.3 Å². The number of nitrogens with zero attached hydrogens (tertiary/aromatic N) is 2. The smallest absolute Gasteiger partial charge is 0.257 e. The molecule has 7 nitrogen and oxygen atoms in total. The zero-order chi connectivity index (χ0) is 22.3. The van der Waals surface area contributed by atoms with Crippen LogP contribution in [0.1, 0.15) is 61.4 Å². The zero-order valence-corrected chi connectivity index (χ0v) is 19.0. The highest BCUT2D eigenvalue weighted by Crippen LogP contribution is 2.33. The number of aromatic nitrogens is 1. The maximum atomic E-state index is 12.1. The highest BCUT2D eigenvalue weighted by atomic mass is 32.1. The molecule has 0 radical (unpaired) electrons. The molecule has 1 aromatic carbocycles. The summed E-state index contributed by atoms with van der Waals surface area (Å²) in [5.74, 6) is -0.538. The number of Topliss-reactive ketones (excluding diaryl/α,β-unsaturated/α-hetero) is 1. The van der Waals surface area contributed by atoms with Crippen LogP contribution < -0.4 is 10.6 Å². The van der Waals surface area contributed by atoms with Crippen molar-refractivity contribution in [3.05, 3.63) is 51.7 Å². The normalized spacial score (nSPS) is 13.7. The van der Waals surface area contributed by atoms with Gasteiger partial charge in [-0.15, -0.1) is 11.3 Å². The first-order chi connectivity index (χ1) is 14.3. The summed E-state index contributed by atoms with van der Waals surface area (Å²) in [6.07, 6.45) is 4.68. The van der Waals surface area contributed by atoms with Gasteiger partial charge in [0.25, 0.3) is 5.91 Å². The summed E-state index contributed by atoms with van der Waals surface area (Å²) >= 11 is 1.54. The number of phenols is 1. The first-order valence-corrected chi connectivity index (χ1v) is 10.9. The molecule has 2 aromatic rings. The van der Waals surface area contributed by atoms with Crippen LogP contribution in [0.5, 0.6) is 5.75 Å². The average molecular weight is 431 g/mol. The number of amides is 1. The van der Waals surface area contributed by atoms with Gasteiger partial charge in [-0.3, -0.25) is 9.59 Å². The molecule has 1 unspecified atom stereocenters. The number of nitrogens with one attached hydrogen (secondary N) is 2. The molecule has 1 amide bonds. The summed E-state index contributed by atoms with van der Waals surface area (Å²) < 4.78 is 0. The lowest BCUT2D eigenvalue weighted by atomic mass is 9.97. The number of unbranched alkanes of at least 4 members (excludes halogenated alkanes) is 1. The minimum Gasteiger partial charge on any atom is -0.505 e. The van der Waals surface area contributed by atoms with E-state index in [2.05, 4.69) is 29.5 Å². The Morgan fingerprint density at radius 1 is 1.30 bits per heavy atom. The second-order valence-corrected chi connectivity index (χ2v) is 8.14. The molecule has 8 heteroatoms. The van der Waals surface area contributed by atoms with Crippen molar-refractivity contribution < 1.29 is 14.7 Å². The number of hydrogen-bond donors (Lipinski definition) is 3. The number of rotatable bonds is 7. The Labute approximate surface area is 181 Å². The number of carbonyl (C=O) groups excluding carboxylic acids is 2. The first-order valence-electron chi connectivity index (χ1n) is 10.0. The van der Waals surface area contributed by atoms with Crippen molar-refractivity contribution in [3.63, 3.8) is 0 Å². The molecule has 0 aliphatic heterocycles. The molecule has 1 atom stereocenters. The number of phenolic OH excluding ortho intramolecular Hbond substituents is 1. The number of hydrogen-bond acceptors (Lipinski definition) is 7. The fraction of sp³-hybridized carbons (Fsp3) is 0.409. The van der Waals surface area contributed by atoms with Crippen molar-refractivity contribution in [3.8, 4) is 5.75 Å². The summed E-state index contributed by atoms with van der Waals surface area (Å²) in [6, 6.07) is 4.81. The number of allylic oxidation sites excluding steroid dienone is 2. The molecule has 1 aliphatic rings. The standard InChI is InChI=1S/C18H20N4O3S.C4H10/c1-10(17-19-7-8-26-17)20-13-9-14(23)15(13)21-12-6-4-5-11(16(12)24)18(25)22(2)3;1-3-4-2/h4-8,10,20-21,24H,9H2,1-3H3;3-4H2,1-2H3. The Morgan fingerprint density at radius 2 is 2.00 bits per heavy atom. The molecule has 0 spiro atoms. The van der Waals surface area contributed by atoms with Gasteiger partial charge >= 0.3 is 0 Å². The molecule has 0 saturated heterocycles. The van der Waals surface area contributed by atoms with E-state index in [1.165, 1.54) is 17.7 Å². The molecule has 1 aliphatic carbocycles. The van der Waals surface area contributed by atoms with E-state index >= 15 is 0 Å². The second-order valence-electron chi connectivity index (χ2n) is 7.22. The van der Waals surface area contributed by atoms with Crippen LogP contribution in [-0.2, 0) is 4.79 Å². The number of anilines is 1. The maximum absolute atomic E-state index is 12.1. The molecule has 0 saturated carbocycles. The van der Waals surface area contributed by atoms with Crippen LogP contribution in [-0.4, -0.2) is 40.8 Å². The Morgan fingerprint density at radius 3 is 2.53 bits per heavy atom. The van der Waals surface area contributed by atoms with E-state index in [-0.39, 0.29) is 29.0 Å². The molecule has 3 rings (SSSR count). The predicted molar refractivity (Wildman–Crippen MR) is 121 cm³/mol. The van der Waals surface area contributed by atoms with Gasteiger partial charge in [-0.1, -0.05) is 32.8 Å². The van der Waals surface area contributed by atoms with Gasteiger partial charge in [0.1, 0.15) is 10.7 Å². The molecule has 162 valence electrons. The molecule has 0 fully saturated rings. The van der Waals surface area contributed by atoms with Gasteiger partial charge in [0, 0.05) is 31.4 Å². The highest BCUT2D eigenvalue weighted by molar-refractivity contribution is 7.09. The molecule has 3 N–H and O–H groups in total. The molecule has 30 heavy (non-hydrogen) atoms. The van der Waals surface area contributed by atoms with E-state index in [4.69, 9.17) is 0 Å². The molecular formula is C22H30N4O3S. The Kier molecular flexibility index (Phi) is 8.41.